The molecular formula is C10H12F4N2S. The van der Waals surface area contributed by atoms with E-state index in [0.29, 0.717) is 6.42 Å². The van der Waals surface area contributed by atoms with Crippen molar-refractivity contribution in [2.45, 2.75) is 12.8 Å². The van der Waals surface area contributed by atoms with E-state index in [2.05, 4.69) is 10.3 Å². The average Bonchev–Trinajstić information content (AvgIpc) is 2.30. The Kier molecular flexibility index (Phi) is 5.54. The smallest absolute Gasteiger partial charge is 0.253 e. The average molecular weight is 268 g/mol. The molecule has 0 atom stereocenters. The molecule has 0 radical (unpaired) electrons. The number of aromatic nitrogens is 1. The maximum absolute atomic E-state index is 13.1. The Morgan fingerprint density at radius 3 is 2.18 bits per heavy atom. The minimum absolute atomic E-state index is 0.247. The molecule has 0 aromatic carbocycles. The lowest BCUT2D eigenvalue weighted by Crippen LogP contribution is -2.10. The summed E-state index contributed by atoms with van der Waals surface area (Å²) in [5.74, 6) is -5.35. The van der Waals surface area contributed by atoms with Crippen molar-refractivity contribution >= 4 is 17.4 Å². The van der Waals surface area contributed by atoms with Crippen LogP contribution in [0.4, 0.5) is 23.2 Å². The van der Waals surface area contributed by atoms with E-state index in [4.69, 9.17) is 0 Å². The van der Waals surface area contributed by atoms with E-state index in [0.717, 1.165) is 12.2 Å². The van der Waals surface area contributed by atoms with Gasteiger partial charge in [0.05, 0.1) is 0 Å². The highest BCUT2D eigenvalue weighted by molar-refractivity contribution is 7.98. The molecule has 0 aliphatic carbocycles. The quantitative estimate of drug-likeness (QED) is 0.487. The second kappa shape index (κ2) is 6.68. The number of anilines is 1. The Morgan fingerprint density at radius 2 is 1.65 bits per heavy atom. The van der Waals surface area contributed by atoms with Crippen molar-refractivity contribution in [2.75, 3.05) is 23.9 Å². The zero-order chi connectivity index (χ0) is 12.8. The van der Waals surface area contributed by atoms with E-state index >= 15 is 0 Å². The van der Waals surface area contributed by atoms with Crippen molar-refractivity contribution in [1.29, 1.82) is 0 Å². The number of halogens is 4. The van der Waals surface area contributed by atoms with Gasteiger partial charge in [0, 0.05) is 6.54 Å². The summed E-state index contributed by atoms with van der Waals surface area (Å²) in [6.45, 7) is 0.247. The Morgan fingerprint density at radius 1 is 1.06 bits per heavy atom. The second-order valence-electron chi connectivity index (χ2n) is 3.32. The van der Waals surface area contributed by atoms with Crippen molar-refractivity contribution in [3.05, 3.63) is 23.5 Å². The molecule has 0 saturated heterocycles. The Bertz CT molecular complexity index is 361. The van der Waals surface area contributed by atoms with Crippen LogP contribution in [0, 0.1) is 23.5 Å². The number of hydrogen-bond acceptors (Lipinski definition) is 3. The molecule has 2 nitrogen and oxygen atoms in total. The van der Waals surface area contributed by atoms with Crippen LogP contribution in [-0.4, -0.2) is 23.5 Å². The van der Waals surface area contributed by atoms with Crippen LogP contribution in [0.3, 0.4) is 0 Å². The summed E-state index contributed by atoms with van der Waals surface area (Å²) < 4.78 is 51.6. The van der Waals surface area contributed by atoms with Crippen molar-refractivity contribution < 1.29 is 17.6 Å². The molecule has 0 aliphatic rings. The molecule has 1 rings (SSSR count). The van der Waals surface area contributed by atoms with Crippen LogP contribution in [0.1, 0.15) is 12.8 Å². The molecule has 0 aliphatic heterocycles. The lowest BCUT2D eigenvalue weighted by atomic mass is 10.3. The SMILES string of the molecule is CSCCCCNc1c(F)c(F)nc(F)c1F. The van der Waals surface area contributed by atoms with Gasteiger partial charge in [-0.2, -0.15) is 34.3 Å². The minimum atomic E-state index is -1.64. The third-order valence-electron chi connectivity index (χ3n) is 2.07. The van der Waals surface area contributed by atoms with Crippen molar-refractivity contribution in [1.82, 2.24) is 4.98 Å². The maximum atomic E-state index is 13.1. The molecule has 0 amide bonds. The first-order chi connectivity index (χ1) is 8.07. The van der Waals surface area contributed by atoms with Gasteiger partial charge in [-0.15, -0.1) is 0 Å². The first-order valence-electron chi connectivity index (χ1n) is 5.00. The van der Waals surface area contributed by atoms with E-state index in [1.165, 1.54) is 0 Å². The summed E-state index contributed by atoms with van der Waals surface area (Å²) in [5.41, 5.74) is -0.792. The van der Waals surface area contributed by atoms with Crippen molar-refractivity contribution in [2.24, 2.45) is 0 Å². The molecule has 0 spiro atoms. The molecule has 1 aromatic heterocycles. The predicted octanol–water partition coefficient (Wildman–Crippen LogP) is 3.19. The number of rotatable bonds is 6. The fourth-order valence-electron chi connectivity index (χ4n) is 1.23. The van der Waals surface area contributed by atoms with Gasteiger partial charge in [-0.1, -0.05) is 0 Å². The van der Waals surface area contributed by atoms with Crippen molar-refractivity contribution in [3.63, 3.8) is 0 Å². The normalized spacial score (nSPS) is 10.6. The van der Waals surface area contributed by atoms with E-state index in [-0.39, 0.29) is 6.54 Å². The number of unbranched alkanes of at least 4 members (excludes halogenated alkanes) is 1. The highest BCUT2D eigenvalue weighted by atomic mass is 32.2. The van der Waals surface area contributed by atoms with Gasteiger partial charge in [0.25, 0.3) is 11.9 Å². The van der Waals surface area contributed by atoms with E-state index in [1.807, 2.05) is 6.26 Å². The van der Waals surface area contributed by atoms with Gasteiger partial charge >= 0.3 is 0 Å². The van der Waals surface area contributed by atoms with Gasteiger partial charge in [0.2, 0.25) is 11.6 Å². The summed E-state index contributed by atoms with van der Waals surface area (Å²) >= 11 is 1.65. The highest BCUT2D eigenvalue weighted by Gasteiger charge is 2.19. The molecule has 0 fully saturated rings. The Hall–Kier alpha value is -0.980. The maximum Gasteiger partial charge on any atom is 0.253 e. The topological polar surface area (TPSA) is 24.9 Å². The molecular weight excluding hydrogens is 256 g/mol. The van der Waals surface area contributed by atoms with Crippen LogP contribution < -0.4 is 5.32 Å². The number of pyridine rings is 1. The molecule has 17 heavy (non-hydrogen) atoms. The molecule has 0 unspecified atom stereocenters. The van der Waals surface area contributed by atoms with Gasteiger partial charge < -0.3 is 5.32 Å². The van der Waals surface area contributed by atoms with Gasteiger partial charge in [-0.3, -0.25) is 0 Å². The van der Waals surface area contributed by atoms with Crippen LogP contribution in [0.15, 0.2) is 0 Å². The zero-order valence-electron chi connectivity index (χ0n) is 9.20. The Labute approximate surface area is 101 Å². The third kappa shape index (κ3) is 3.76. The summed E-state index contributed by atoms with van der Waals surface area (Å²) in [6.07, 6.45) is 3.46. The van der Waals surface area contributed by atoms with Gasteiger partial charge in [0.1, 0.15) is 5.69 Å². The third-order valence-corrected chi connectivity index (χ3v) is 2.77. The summed E-state index contributed by atoms with van der Waals surface area (Å²) in [5, 5.41) is 2.34. The predicted molar refractivity (Wildman–Crippen MR) is 60.2 cm³/mol. The van der Waals surface area contributed by atoms with E-state index < -0.39 is 29.2 Å². The van der Waals surface area contributed by atoms with Crippen molar-refractivity contribution in [3.8, 4) is 0 Å². The number of hydrogen-bond donors (Lipinski definition) is 1. The van der Waals surface area contributed by atoms with Crippen LogP contribution in [0.2, 0.25) is 0 Å². The summed E-state index contributed by atoms with van der Waals surface area (Å²) in [7, 11) is 0. The molecule has 1 aromatic rings. The molecule has 7 heteroatoms. The van der Waals surface area contributed by atoms with E-state index in [9.17, 15) is 17.6 Å². The van der Waals surface area contributed by atoms with Crippen LogP contribution in [-0.2, 0) is 0 Å². The standard InChI is InChI=1S/C10H12F4N2S/c1-17-5-3-2-4-15-8-6(11)9(13)16-10(14)7(8)12/h2-5H2,1H3,(H,15,16). The molecule has 0 saturated carbocycles. The van der Waals surface area contributed by atoms with E-state index in [1.54, 1.807) is 11.8 Å². The van der Waals surface area contributed by atoms with Gasteiger partial charge in [-0.25, -0.2) is 0 Å². The summed E-state index contributed by atoms with van der Waals surface area (Å²) in [6, 6.07) is 0. The van der Waals surface area contributed by atoms with Crippen LogP contribution in [0.25, 0.3) is 0 Å². The summed E-state index contributed by atoms with van der Waals surface area (Å²) in [4.78, 5) is 2.46. The van der Waals surface area contributed by atoms with Crippen LogP contribution >= 0.6 is 11.8 Å². The second-order valence-corrected chi connectivity index (χ2v) is 4.31. The number of thioether (sulfide) groups is 1. The Balaban J connectivity index is 2.64. The van der Waals surface area contributed by atoms with Gasteiger partial charge in [0.15, 0.2) is 0 Å². The fourth-order valence-corrected chi connectivity index (χ4v) is 1.72. The molecule has 0 bridgehead atoms. The first-order valence-corrected chi connectivity index (χ1v) is 6.40. The first kappa shape index (κ1) is 14.1. The zero-order valence-corrected chi connectivity index (χ0v) is 10.0. The molecule has 96 valence electrons. The fraction of sp³-hybridized carbons (Fsp3) is 0.500. The molecule has 1 heterocycles. The highest BCUT2D eigenvalue weighted by Crippen LogP contribution is 2.21. The largest absolute Gasteiger partial charge is 0.380 e. The van der Waals surface area contributed by atoms with Crippen LogP contribution in [0.5, 0.6) is 0 Å². The lowest BCUT2D eigenvalue weighted by Gasteiger charge is -2.08. The number of nitrogens with zero attached hydrogens (tertiary/aromatic N) is 1. The monoisotopic (exact) mass is 268 g/mol. The van der Waals surface area contributed by atoms with Gasteiger partial charge in [-0.05, 0) is 24.9 Å². The lowest BCUT2D eigenvalue weighted by molar-refractivity contribution is 0.410. The molecule has 1 N–H and O–H groups in total. The number of nitrogens with one attached hydrogen (secondary N) is 1. The minimum Gasteiger partial charge on any atom is -0.380 e.